The van der Waals surface area contributed by atoms with Gasteiger partial charge in [0, 0.05) is 12.5 Å². The Morgan fingerprint density at radius 2 is 1.77 bits per heavy atom. The van der Waals surface area contributed by atoms with Gasteiger partial charge in [-0.05, 0) is 49.1 Å². The molecule has 8 nitrogen and oxygen atoms in total. The zero-order chi connectivity index (χ0) is 27.5. The quantitative estimate of drug-likeness (QED) is 0.413. The van der Waals surface area contributed by atoms with Crippen LogP contribution in [0, 0.1) is 0 Å². The van der Waals surface area contributed by atoms with Crippen LogP contribution in [-0.2, 0) is 35.2 Å². The molecular weight excluding hydrogens is 496 g/mol. The van der Waals surface area contributed by atoms with Gasteiger partial charge in [0.25, 0.3) is 0 Å². The number of nitrogens with one attached hydrogen (secondary N) is 1. The molecule has 0 radical (unpaired) electrons. The maximum atomic E-state index is 13.0. The van der Waals surface area contributed by atoms with Gasteiger partial charge in [0.05, 0.1) is 25.3 Å². The van der Waals surface area contributed by atoms with Gasteiger partial charge < -0.3 is 19.5 Å². The minimum absolute atomic E-state index is 0.0259. The number of hydrogen-bond donors (Lipinski definition) is 1. The maximum absolute atomic E-state index is 13.0. The second-order valence-corrected chi connectivity index (χ2v) is 9.68. The van der Waals surface area contributed by atoms with E-state index in [9.17, 15) is 14.4 Å². The van der Waals surface area contributed by atoms with E-state index in [1.165, 1.54) is 0 Å². The molecule has 2 aromatic rings. The smallest absolute Gasteiger partial charge is 0.323 e. The number of likely N-dealkylation sites (tertiary alicyclic amines) is 1. The number of nitrogens with zero attached hydrogens (tertiary/aromatic N) is 1. The van der Waals surface area contributed by atoms with E-state index < -0.39 is 12.1 Å². The molecule has 2 aliphatic rings. The van der Waals surface area contributed by atoms with Gasteiger partial charge in [-0.2, -0.15) is 0 Å². The summed E-state index contributed by atoms with van der Waals surface area (Å²) in [6.07, 6.45) is 5.72. The van der Waals surface area contributed by atoms with Crippen LogP contribution in [0.1, 0.15) is 43.7 Å². The summed E-state index contributed by atoms with van der Waals surface area (Å²) in [5.74, 6) is -0.283. The fourth-order valence-corrected chi connectivity index (χ4v) is 4.82. The third kappa shape index (κ3) is 8.55. The van der Waals surface area contributed by atoms with Crippen molar-refractivity contribution in [2.24, 2.45) is 0 Å². The number of amides is 1. The normalized spacial score (nSPS) is 17.8. The Labute approximate surface area is 229 Å². The van der Waals surface area contributed by atoms with Crippen molar-refractivity contribution in [3.05, 3.63) is 89.7 Å². The van der Waals surface area contributed by atoms with Crippen molar-refractivity contribution in [2.75, 3.05) is 26.3 Å². The van der Waals surface area contributed by atoms with Crippen molar-refractivity contribution in [1.82, 2.24) is 10.2 Å². The zero-order valence-electron chi connectivity index (χ0n) is 22.3. The van der Waals surface area contributed by atoms with Crippen LogP contribution in [-0.4, -0.2) is 61.1 Å². The number of rotatable bonds is 12. The van der Waals surface area contributed by atoms with Crippen LogP contribution in [0.15, 0.2) is 78.6 Å². The Morgan fingerprint density at radius 3 is 2.46 bits per heavy atom. The Balaban J connectivity index is 1.34. The number of ether oxygens (including phenoxy) is 3. The van der Waals surface area contributed by atoms with Crippen LogP contribution in [0.5, 0.6) is 0 Å². The minimum atomic E-state index is -0.499. The average Bonchev–Trinajstić information content (AvgIpc) is 3.41. The predicted molar refractivity (Wildman–Crippen MR) is 147 cm³/mol. The van der Waals surface area contributed by atoms with Crippen molar-refractivity contribution >= 4 is 23.4 Å². The molecule has 1 amide bonds. The van der Waals surface area contributed by atoms with Crippen molar-refractivity contribution in [3.63, 3.8) is 0 Å². The Hall–Kier alpha value is -3.91. The van der Waals surface area contributed by atoms with E-state index in [1.54, 1.807) is 6.92 Å². The van der Waals surface area contributed by atoms with E-state index in [0.717, 1.165) is 23.1 Å². The lowest BCUT2D eigenvalue weighted by atomic mass is 10.0. The van der Waals surface area contributed by atoms with Crippen molar-refractivity contribution in [3.8, 4) is 0 Å². The Bertz CT molecular complexity index is 1180. The summed E-state index contributed by atoms with van der Waals surface area (Å²) in [6, 6.07) is 18.5. The van der Waals surface area contributed by atoms with Crippen molar-refractivity contribution in [2.45, 2.75) is 51.3 Å². The van der Waals surface area contributed by atoms with Crippen LogP contribution < -0.4 is 5.32 Å². The second-order valence-electron chi connectivity index (χ2n) is 9.68. The van der Waals surface area contributed by atoms with Crippen molar-refractivity contribution < 1.29 is 28.6 Å². The van der Waals surface area contributed by atoms with E-state index in [2.05, 4.69) is 5.32 Å². The van der Waals surface area contributed by atoms with E-state index in [0.29, 0.717) is 31.8 Å². The molecule has 2 atom stereocenters. The number of allylic oxidation sites excluding steroid dienone is 2. The number of carbonyl (C=O) groups is 3. The minimum Gasteiger partial charge on any atom is -0.493 e. The molecule has 2 heterocycles. The first kappa shape index (κ1) is 28.1. The first-order valence-electron chi connectivity index (χ1n) is 13.5. The van der Waals surface area contributed by atoms with Crippen LogP contribution in [0.3, 0.4) is 0 Å². The van der Waals surface area contributed by atoms with Crippen LogP contribution in [0.2, 0.25) is 0 Å². The molecule has 206 valence electrons. The number of hydrogen-bond acceptors (Lipinski definition) is 7. The highest BCUT2D eigenvalue weighted by atomic mass is 16.5. The molecule has 1 N–H and O–H groups in total. The molecular formula is C31H36N2O6. The largest absolute Gasteiger partial charge is 0.493 e. The zero-order valence-corrected chi connectivity index (χ0v) is 22.3. The number of esters is 2. The summed E-state index contributed by atoms with van der Waals surface area (Å²) >= 11 is 0. The molecule has 0 aliphatic carbocycles. The molecule has 39 heavy (non-hydrogen) atoms. The van der Waals surface area contributed by atoms with Gasteiger partial charge in [-0.3, -0.25) is 19.3 Å². The van der Waals surface area contributed by atoms with Crippen LogP contribution >= 0.6 is 0 Å². The van der Waals surface area contributed by atoms with Crippen LogP contribution in [0.4, 0.5) is 0 Å². The monoisotopic (exact) mass is 532 g/mol. The van der Waals surface area contributed by atoms with E-state index in [-0.39, 0.29) is 44.0 Å². The highest BCUT2D eigenvalue weighted by Gasteiger charge is 2.33. The molecule has 2 aromatic carbocycles. The third-order valence-electron chi connectivity index (χ3n) is 6.77. The Morgan fingerprint density at radius 1 is 1.03 bits per heavy atom. The summed E-state index contributed by atoms with van der Waals surface area (Å²) in [5.41, 5.74) is 3.07. The molecule has 2 aliphatic heterocycles. The highest BCUT2D eigenvalue weighted by Crippen LogP contribution is 2.23. The molecule has 0 bridgehead atoms. The van der Waals surface area contributed by atoms with Gasteiger partial charge in [0.1, 0.15) is 19.3 Å². The van der Waals surface area contributed by atoms with Gasteiger partial charge in [-0.1, -0.05) is 66.7 Å². The summed E-state index contributed by atoms with van der Waals surface area (Å²) in [7, 11) is 0. The molecule has 1 saturated heterocycles. The van der Waals surface area contributed by atoms with Gasteiger partial charge in [0.2, 0.25) is 5.91 Å². The molecule has 0 unspecified atom stereocenters. The van der Waals surface area contributed by atoms with Crippen molar-refractivity contribution in [1.29, 1.82) is 0 Å². The molecule has 0 aromatic heterocycles. The second kappa shape index (κ2) is 14.3. The fourth-order valence-electron chi connectivity index (χ4n) is 4.82. The lowest BCUT2D eigenvalue weighted by Gasteiger charge is -2.25. The first-order chi connectivity index (χ1) is 19.0. The van der Waals surface area contributed by atoms with Gasteiger partial charge in [-0.25, -0.2) is 0 Å². The van der Waals surface area contributed by atoms with Crippen LogP contribution in [0.25, 0.3) is 5.57 Å². The lowest BCUT2D eigenvalue weighted by Crippen LogP contribution is -2.46. The van der Waals surface area contributed by atoms with Gasteiger partial charge in [0.15, 0.2) is 0 Å². The molecule has 1 fully saturated rings. The molecule has 0 spiro atoms. The van der Waals surface area contributed by atoms with Gasteiger partial charge >= 0.3 is 11.9 Å². The highest BCUT2D eigenvalue weighted by molar-refractivity contribution is 5.82. The summed E-state index contributed by atoms with van der Waals surface area (Å²) in [4.78, 5) is 39.9. The average molecular weight is 533 g/mol. The first-order valence-corrected chi connectivity index (χ1v) is 13.5. The Kier molecular flexibility index (Phi) is 10.3. The molecule has 4 rings (SSSR count). The fraction of sp³-hybridized carbons (Fsp3) is 0.387. The van der Waals surface area contributed by atoms with E-state index in [1.807, 2.05) is 77.7 Å². The predicted octanol–water partition coefficient (Wildman–Crippen LogP) is 4.02. The number of benzene rings is 2. The topological polar surface area (TPSA) is 94.2 Å². The summed E-state index contributed by atoms with van der Waals surface area (Å²) in [5, 5.41) is 2.97. The van der Waals surface area contributed by atoms with E-state index in [4.69, 9.17) is 14.2 Å². The van der Waals surface area contributed by atoms with E-state index >= 15 is 0 Å². The maximum Gasteiger partial charge on any atom is 0.323 e. The number of carbonyl (C=O) groups excluding carboxylic acids is 3. The summed E-state index contributed by atoms with van der Waals surface area (Å²) < 4.78 is 16.6. The summed E-state index contributed by atoms with van der Waals surface area (Å²) in [6.45, 7) is 3.30. The van der Waals surface area contributed by atoms with Gasteiger partial charge in [-0.15, -0.1) is 0 Å². The third-order valence-corrected chi connectivity index (χ3v) is 6.77. The SMILES string of the molecule is CCOC(=O)C[C@@H](CC1=CC=C(c2ccccc2)CO1)NC(=O)CN1CCC[C@H]1C(=O)OCc1ccccc1. The molecule has 8 heteroatoms. The standard InChI is InChI=1S/C31H36N2O6/c1-2-37-30(35)19-26(18-27-16-15-25(22-38-27)24-12-7-4-8-13-24)32-29(34)20-33-17-9-14-28(33)31(36)39-21-23-10-5-3-6-11-23/h3-8,10-13,15-16,26,28H,2,9,14,17-22H2,1H3,(H,32,34)/t26-,28+/m1/s1. The molecule has 0 saturated carbocycles. The lowest BCUT2D eigenvalue weighted by molar-refractivity contribution is -0.150.